The number of nitrogens with one attached hydrogen (secondary N) is 1. The van der Waals surface area contributed by atoms with E-state index in [0.717, 1.165) is 50.5 Å². The number of rotatable bonds is 23. The van der Waals surface area contributed by atoms with Crippen molar-refractivity contribution in [3.05, 3.63) is 29.8 Å². The van der Waals surface area contributed by atoms with E-state index in [4.69, 9.17) is 0 Å². The number of aryl methyl sites for hydroxylation is 1. The Morgan fingerprint density at radius 3 is 1.69 bits per heavy atom. The summed E-state index contributed by atoms with van der Waals surface area (Å²) in [5.41, 5.74) is 1.08. The molecule has 36 heavy (non-hydrogen) atoms. The van der Waals surface area contributed by atoms with Crippen molar-refractivity contribution < 1.29 is 23.7 Å². The molecule has 0 saturated carbocycles. The van der Waals surface area contributed by atoms with Crippen LogP contribution < -0.4 is 4.72 Å². The number of unbranched alkanes of at least 4 members (excludes halogenated alkanes) is 13. The summed E-state index contributed by atoms with van der Waals surface area (Å²) in [5.74, 6) is 0. The lowest BCUT2D eigenvalue weighted by Crippen LogP contribution is -2.50. The minimum absolute atomic E-state index is 0.0860. The van der Waals surface area contributed by atoms with Gasteiger partial charge in [0, 0.05) is 0 Å². The van der Waals surface area contributed by atoms with Gasteiger partial charge >= 0.3 is 0 Å². The first-order valence-electron chi connectivity index (χ1n) is 14.4. The summed E-state index contributed by atoms with van der Waals surface area (Å²) in [7, 11) is -3.92. The highest BCUT2D eigenvalue weighted by Crippen LogP contribution is 2.17. The van der Waals surface area contributed by atoms with Crippen molar-refractivity contribution in [3.8, 4) is 0 Å². The second kappa shape index (κ2) is 20.0. The Morgan fingerprint density at radius 2 is 1.19 bits per heavy atom. The van der Waals surface area contributed by atoms with Crippen LogP contribution in [0.3, 0.4) is 0 Å². The average Bonchev–Trinajstić information content (AvgIpc) is 2.88. The van der Waals surface area contributed by atoms with Gasteiger partial charge in [-0.05, 0) is 37.0 Å². The van der Waals surface area contributed by atoms with E-state index in [9.17, 15) is 23.7 Å². The molecule has 1 aromatic rings. The van der Waals surface area contributed by atoms with E-state index in [-0.39, 0.29) is 4.90 Å². The third-order valence-electron chi connectivity index (χ3n) is 6.97. The predicted molar refractivity (Wildman–Crippen MR) is 149 cm³/mol. The molecule has 0 bridgehead atoms. The van der Waals surface area contributed by atoms with Crippen molar-refractivity contribution in [3.63, 3.8) is 0 Å². The predicted octanol–water partition coefficient (Wildman–Crippen LogP) is 5.87. The maximum atomic E-state index is 12.8. The van der Waals surface area contributed by atoms with Gasteiger partial charge in [0.25, 0.3) is 0 Å². The van der Waals surface area contributed by atoms with Crippen LogP contribution in [0.4, 0.5) is 0 Å². The second-order valence-corrected chi connectivity index (χ2v) is 12.0. The van der Waals surface area contributed by atoms with E-state index >= 15 is 0 Å². The maximum absolute atomic E-state index is 12.8. The molecule has 4 N–H and O–H groups in total. The number of aliphatic hydroxyl groups is 3. The zero-order valence-corrected chi connectivity index (χ0v) is 23.7. The Kier molecular flexibility index (Phi) is 18.4. The molecule has 0 unspecified atom stereocenters. The van der Waals surface area contributed by atoms with Crippen molar-refractivity contribution in [1.82, 2.24) is 4.72 Å². The third kappa shape index (κ3) is 14.1. The van der Waals surface area contributed by atoms with Crippen molar-refractivity contribution in [2.24, 2.45) is 0 Å². The van der Waals surface area contributed by atoms with Gasteiger partial charge in [-0.1, -0.05) is 116 Å². The molecule has 1 rings (SSSR count). The average molecular weight is 528 g/mol. The minimum atomic E-state index is -3.92. The van der Waals surface area contributed by atoms with E-state index in [0.29, 0.717) is 6.42 Å². The van der Waals surface area contributed by atoms with Gasteiger partial charge in [0.15, 0.2) is 0 Å². The highest BCUT2D eigenvalue weighted by atomic mass is 32.2. The van der Waals surface area contributed by atoms with Crippen LogP contribution in [0.15, 0.2) is 29.2 Å². The Hall–Kier alpha value is -0.990. The molecule has 0 aliphatic carbocycles. The van der Waals surface area contributed by atoms with Gasteiger partial charge in [-0.15, -0.1) is 0 Å². The SMILES string of the molecule is CCCCCCCCCCCCCC[C@@H](O)[C@@H](O)[C@H](CO)NS(=O)(=O)c1ccc(CCCCC)cc1. The molecular weight excluding hydrogens is 474 g/mol. The van der Waals surface area contributed by atoms with Gasteiger partial charge in [-0.25, -0.2) is 13.1 Å². The quantitative estimate of drug-likeness (QED) is 0.133. The molecule has 0 radical (unpaired) electrons. The summed E-state index contributed by atoms with van der Waals surface area (Å²) in [6, 6.07) is 5.54. The number of aliphatic hydroxyl groups excluding tert-OH is 3. The van der Waals surface area contributed by atoms with Crippen LogP contribution in [0.5, 0.6) is 0 Å². The molecule has 0 aliphatic heterocycles. The van der Waals surface area contributed by atoms with E-state index in [1.807, 2.05) is 0 Å². The molecule has 0 aromatic heterocycles. The van der Waals surface area contributed by atoms with Gasteiger partial charge < -0.3 is 15.3 Å². The van der Waals surface area contributed by atoms with Crippen LogP contribution >= 0.6 is 0 Å². The van der Waals surface area contributed by atoms with Crippen LogP contribution in [0, 0.1) is 0 Å². The maximum Gasteiger partial charge on any atom is 0.240 e. The Labute approximate surface area is 221 Å². The number of hydrogen-bond donors (Lipinski definition) is 4. The molecule has 0 aliphatic rings. The molecular formula is C29H53NO5S. The highest BCUT2D eigenvalue weighted by Gasteiger charge is 2.30. The van der Waals surface area contributed by atoms with Gasteiger partial charge in [0.2, 0.25) is 10.0 Å². The first-order valence-corrected chi connectivity index (χ1v) is 15.9. The lowest BCUT2D eigenvalue weighted by atomic mass is 10.00. The summed E-state index contributed by atoms with van der Waals surface area (Å²) >= 11 is 0. The monoisotopic (exact) mass is 527 g/mol. The van der Waals surface area contributed by atoms with Crippen LogP contribution in [-0.4, -0.2) is 48.6 Å². The van der Waals surface area contributed by atoms with E-state index in [2.05, 4.69) is 18.6 Å². The van der Waals surface area contributed by atoms with Gasteiger partial charge in [0.05, 0.1) is 29.8 Å². The lowest BCUT2D eigenvalue weighted by molar-refractivity contribution is -0.0159. The van der Waals surface area contributed by atoms with Crippen molar-refractivity contribution in [2.75, 3.05) is 6.61 Å². The lowest BCUT2D eigenvalue weighted by Gasteiger charge is -2.26. The highest BCUT2D eigenvalue weighted by molar-refractivity contribution is 7.89. The van der Waals surface area contributed by atoms with Crippen molar-refractivity contribution in [2.45, 2.75) is 146 Å². The summed E-state index contributed by atoms with van der Waals surface area (Å²) < 4.78 is 27.9. The zero-order valence-electron chi connectivity index (χ0n) is 22.8. The molecule has 3 atom stereocenters. The molecule has 0 amide bonds. The van der Waals surface area contributed by atoms with Crippen LogP contribution in [0.2, 0.25) is 0 Å². The normalized spacial score (nSPS) is 14.6. The van der Waals surface area contributed by atoms with Crippen LogP contribution in [0.1, 0.15) is 122 Å². The first kappa shape index (κ1) is 33.0. The fourth-order valence-corrected chi connectivity index (χ4v) is 5.77. The summed E-state index contributed by atoms with van der Waals surface area (Å²) in [6.07, 6.45) is 16.7. The largest absolute Gasteiger partial charge is 0.395 e. The fourth-order valence-electron chi connectivity index (χ4n) is 4.53. The van der Waals surface area contributed by atoms with Crippen molar-refractivity contribution >= 4 is 10.0 Å². The molecule has 0 fully saturated rings. The molecule has 1 aromatic carbocycles. The van der Waals surface area contributed by atoms with E-state index < -0.39 is 34.9 Å². The molecule has 0 spiro atoms. The molecule has 7 heteroatoms. The van der Waals surface area contributed by atoms with Gasteiger partial charge in [0.1, 0.15) is 0 Å². The molecule has 210 valence electrons. The van der Waals surface area contributed by atoms with Crippen molar-refractivity contribution in [1.29, 1.82) is 0 Å². The molecule has 0 saturated heterocycles. The van der Waals surface area contributed by atoms with Crippen LogP contribution in [-0.2, 0) is 16.4 Å². The molecule has 0 heterocycles. The minimum Gasteiger partial charge on any atom is -0.395 e. The Morgan fingerprint density at radius 1 is 0.722 bits per heavy atom. The summed E-state index contributed by atoms with van der Waals surface area (Å²) in [6.45, 7) is 3.79. The van der Waals surface area contributed by atoms with E-state index in [1.165, 1.54) is 57.8 Å². The Bertz CT molecular complexity index is 753. The number of benzene rings is 1. The van der Waals surface area contributed by atoms with E-state index in [1.54, 1.807) is 24.3 Å². The third-order valence-corrected chi connectivity index (χ3v) is 8.47. The molecule has 6 nitrogen and oxygen atoms in total. The fraction of sp³-hybridized carbons (Fsp3) is 0.793. The van der Waals surface area contributed by atoms with Gasteiger partial charge in [-0.2, -0.15) is 0 Å². The van der Waals surface area contributed by atoms with Crippen LogP contribution in [0.25, 0.3) is 0 Å². The zero-order chi connectivity index (χ0) is 26.7. The first-order chi connectivity index (χ1) is 17.4. The smallest absolute Gasteiger partial charge is 0.240 e. The summed E-state index contributed by atoms with van der Waals surface area (Å²) in [5, 5.41) is 30.6. The summed E-state index contributed by atoms with van der Waals surface area (Å²) in [4.78, 5) is 0.0860. The topological polar surface area (TPSA) is 107 Å². The van der Waals surface area contributed by atoms with Gasteiger partial charge in [-0.3, -0.25) is 0 Å². The second-order valence-electron chi connectivity index (χ2n) is 10.2. The number of hydrogen-bond acceptors (Lipinski definition) is 5. The number of sulfonamides is 1. The Balaban J connectivity index is 2.32. The standard InChI is InChI=1S/C29H53NO5S/c1-3-5-7-8-9-10-11-12-13-14-15-17-19-28(32)29(33)27(24-31)30-36(34,35)26-22-20-25(21-23-26)18-16-6-4-2/h20-23,27-33H,3-19,24H2,1-2H3/t27-,28+,29-/m0/s1.